The highest BCUT2D eigenvalue weighted by atomic mass is 16.5. The number of hydrogen-bond donors (Lipinski definition) is 2. The number of carbonyl (C=O) groups is 4. The minimum absolute atomic E-state index is 0.00857. The summed E-state index contributed by atoms with van der Waals surface area (Å²) in [4.78, 5) is 48.7. The van der Waals surface area contributed by atoms with E-state index in [0.717, 1.165) is 25.7 Å². The lowest BCUT2D eigenvalue weighted by Gasteiger charge is -2.15. The fraction of sp³-hybridized carbons (Fsp3) is 0.333. The molecule has 2 amide bonds. The summed E-state index contributed by atoms with van der Waals surface area (Å²) in [6.07, 6.45) is 4.03. The monoisotopic (exact) mass is 422 g/mol. The zero-order valence-corrected chi connectivity index (χ0v) is 17.3. The third kappa shape index (κ3) is 6.77. The number of ketones is 1. The predicted octanol–water partition coefficient (Wildman–Crippen LogP) is 3.50. The average molecular weight is 422 g/mol. The molecule has 2 aromatic carbocycles. The average Bonchev–Trinajstić information content (AvgIpc) is 3.30. The van der Waals surface area contributed by atoms with Gasteiger partial charge in [0.1, 0.15) is 0 Å². The SMILES string of the molecule is O=C(COC(=O)CCC(=O)c1ccccc1)Nc1ccccc1C(=O)NC1CCCC1. The predicted molar refractivity (Wildman–Crippen MR) is 116 cm³/mol. The molecule has 0 aromatic heterocycles. The zero-order chi connectivity index (χ0) is 22.1. The molecule has 162 valence electrons. The highest BCUT2D eigenvalue weighted by Crippen LogP contribution is 2.20. The number of rotatable bonds is 9. The number of ether oxygens (including phenoxy) is 1. The lowest BCUT2D eigenvalue weighted by atomic mass is 10.1. The van der Waals surface area contributed by atoms with E-state index >= 15 is 0 Å². The first-order valence-electron chi connectivity index (χ1n) is 10.5. The van der Waals surface area contributed by atoms with Crippen LogP contribution in [0.15, 0.2) is 54.6 Å². The van der Waals surface area contributed by atoms with Crippen LogP contribution in [-0.4, -0.2) is 36.2 Å². The molecule has 31 heavy (non-hydrogen) atoms. The van der Waals surface area contributed by atoms with Crippen molar-refractivity contribution >= 4 is 29.3 Å². The second kappa shape index (κ2) is 11.1. The fourth-order valence-electron chi connectivity index (χ4n) is 3.51. The van der Waals surface area contributed by atoms with Crippen LogP contribution in [0.1, 0.15) is 59.2 Å². The summed E-state index contributed by atoms with van der Waals surface area (Å²) in [6, 6.07) is 15.5. The Morgan fingerprint density at radius 1 is 0.871 bits per heavy atom. The lowest BCUT2D eigenvalue weighted by molar-refractivity contribution is -0.147. The fourth-order valence-corrected chi connectivity index (χ4v) is 3.51. The van der Waals surface area contributed by atoms with Crippen molar-refractivity contribution in [1.29, 1.82) is 0 Å². The molecule has 0 unspecified atom stereocenters. The van der Waals surface area contributed by atoms with Crippen molar-refractivity contribution in [3.63, 3.8) is 0 Å². The smallest absolute Gasteiger partial charge is 0.306 e. The van der Waals surface area contributed by atoms with Gasteiger partial charge in [-0.3, -0.25) is 19.2 Å². The molecule has 0 saturated heterocycles. The first-order valence-corrected chi connectivity index (χ1v) is 10.5. The van der Waals surface area contributed by atoms with Crippen molar-refractivity contribution in [1.82, 2.24) is 5.32 Å². The number of carbonyl (C=O) groups excluding carboxylic acids is 4. The Morgan fingerprint density at radius 3 is 2.29 bits per heavy atom. The maximum atomic E-state index is 12.6. The molecule has 0 spiro atoms. The number of esters is 1. The van der Waals surface area contributed by atoms with Gasteiger partial charge in [0.25, 0.3) is 11.8 Å². The minimum atomic E-state index is -0.633. The molecule has 1 aliphatic carbocycles. The van der Waals surface area contributed by atoms with E-state index in [2.05, 4.69) is 10.6 Å². The molecule has 1 saturated carbocycles. The number of hydrogen-bond acceptors (Lipinski definition) is 5. The van der Waals surface area contributed by atoms with Crippen LogP contribution in [0.4, 0.5) is 5.69 Å². The van der Waals surface area contributed by atoms with E-state index in [0.29, 0.717) is 16.8 Å². The zero-order valence-electron chi connectivity index (χ0n) is 17.3. The van der Waals surface area contributed by atoms with E-state index in [4.69, 9.17) is 4.74 Å². The van der Waals surface area contributed by atoms with Crippen LogP contribution in [0, 0.1) is 0 Å². The van der Waals surface area contributed by atoms with Crippen LogP contribution in [-0.2, 0) is 14.3 Å². The number of benzene rings is 2. The van der Waals surface area contributed by atoms with Gasteiger partial charge in [0.05, 0.1) is 17.7 Å². The third-order valence-electron chi connectivity index (χ3n) is 5.15. The molecule has 3 rings (SSSR count). The molecule has 1 aliphatic rings. The van der Waals surface area contributed by atoms with Gasteiger partial charge in [0.2, 0.25) is 0 Å². The first-order chi connectivity index (χ1) is 15.0. The summed E-state index contributed by atoms with van der Waals surface area (Å²) in [5.74, 6) is -1.58. The van der Waals surface area contributed by atoms with Crippen LogP contribution >= 0.6 is 0 Å². The van der Waals surface area contributed by atoms with Crippen molar-refractivity contribution < 1.29 is 23.9 Å². The molecule has 2 aromatic rings. The normalized spacial score (nSPS) is 13.4. The Labute approximate surface area is 181 Å². The van der Waals surface area contributed by atoms with Crippen molar-refractivity contribution in [2.45, 2.75) is 44.6 Å². The molecule has 0 bridgehead atoms. The topological polar surface area (TPSA) is 102 Å². The summed E-state index contributed by atoms with van der Waals surface area (Å²) >= 11 is 0. The van der Waals surface area contributed by atoms with E-state index in [1.165, 1.54) is 0 Å². The number of amides is 2. The summed E-state index contributed by atoms with van der Waals surface area (Å²) in [6.45, 7) is -0.489. The second-order valence-corrected chi connectivity index (χ2v) is 7.50. The molecule has 7 nitrogen and oxygen atoms in total. The molecule has 0 aliphatic heterocycles. The van der Waals surface area contributed by atoms with Crippen LogP contribution in [0.5, 0.6) is 0 Å². The van der Waals surface area contributed by atoms with Gasteiger partial charge in [-0.05, 0) is 25.0 Å². The second-order valence-electron chi connectivity index (χ2n) is 7.50. The molecular formula is C24H26N2O5. The van der Waals surface area contributed by atoms with Crippen LogP contribution in [0.25, 0.3) is 0 Å². The maximum Gasteiger partial charge on any atom is 0.306 e. The molecule has 0 radical (unpaired) electrons. The highest BCUT2D eigenvalue weighted by Gasteiger charge is 2.20. The van der Waals surface area contributed by atoms with Gasteiger partial charge in [-0.2, -0.15) is 0 Å². The number of para-hydroxylation sites is 1. The number of anilines is 1. The molecule has 2 N–H and O–H groups in total. The molecule has 1 fully saturated rings. The van der Waals surface area contributed by atoms with Crippen molar-refractivity contribution in [3.05, 3.63) is 65.7 Å². The van der Waals surface area contributed by atoms with E-state index in [-0.39, 0.29) is 30.6 Å². The van der Waals surface area contributed by atoms with Crippen molar-refractivity contribution in [3.8, 4) is 0 Å². The van der Waals surface area contributed by atoms with Gasteiger partial charge in [-0.15, -0.1) is 0 Å². The molecule has 0 heterocycles. The Balaban J connectivity index is 1.45. The van der Waals surface area contributed by atoms with Gasteiger partial charge < -0.3 is 15.4 Å². The quantitative estimate of drug-likeness (QED) is 0.476. The summed E-state index contributed by atoms with van der Waals surface area (Å²) in [5, 5.41) is 5.61. The van der Waals surface area contributed by atoms with Gasteiger partial charge in [0, 0.05) is 18.0 Å². The largest absolute Gasteiger partial charge is 0.456 e. The van der Waals surface area contributed by atoms with E-state index in [1.807, 2.05) is 0 Å². The molecule has 7 heteroatoms. The van der Waals surface area contributed by atoms with Crippen LogP contribution < -0.4 is 10.6 Å². The van der Waals surface area contributed by atoms with Gasteiger partial charge in [-0.1, -0.05) is 55.3 Å². The standard InChI is InChI=1S/C24H26N2O5/c27-21(17-8-2-1-3-9-17)14-15-23(29)31-16-22(28)26-20-13-7-6-12-19(20)24(30)25-18-10-4-5-11-18/h1-3,6-9,12-13,18H,4-5,10-11,14-16H2,(H,25,30)(H,26,28). The van der Waals surface area contributed by atoms with Crippen LogP contribution in [0.2, 0.25) is 0 Å². The summed E-state index contributed by atoms with van der Waals surface area (Å²) in [7, 11) is 0. The maximum absolute atomic E-state index is 12.6. The van der Waals surface area contributed by atoms with Crippen LogP contribution in [0.3, 0.4) is 0 Å². The Bertz CT molecular complexity index is 936. The third-order valence-corrected chi connectivity index (χ3v) is 5.15. The lowest BCUT2D eigenvalue weighted by Crippen LogP contribution is -2.33. The first kappa shape index (κ1) is 22.2. The minimum Gasteiger partial charge on any atom is -0.456 e. The van der Waals surface area contributed by atoms with Crippen molar-refractivity contribution in [2.24, 2.45) is 0 Å². The van der Waals surface area contributed by atoms with Crippen molar-refractivity contribution in [2.75, 3.05) is 11.9 Å². The van der Waals surface area contributed by atoms with E-state index in [1.54, 1.807) is 54.6 Å². The Kier molecular flexibility index (Phi) is 7.92. The number of nitrogens with one attached hydrogen (secondary N) is 2. The van der Waals surface area contributed by atoms with E-state index in [9.17, 15) is 19.2 Å². The summed E-state index contributed by atoms with van der Waals surface area (Å²) in [5.41, 5.74) is 1.25. The Hall–Kier alpha value is -3.48. The molecular weight excluding hydrogens is 396 g/mol. The number of Topliss-reactive ketones (excluding diaryl/α,β-unsaturated/α-hetero) is 1. The highest BCUT2D eigenvalue weighted by molar-refractivity contribution is 6.04. The van der Waals surface area contributed by atoms with Gasteiger partial charge in [0.15, 0.2) is 12.4 Å². The summed E-state index contributed by atoms with van der Waals surface area (Å²) < 4.78 is 4.97. The Morgan fingerprint density at radius 2 is 1.55 bits per heavy atom. The van der Waals surface area contributed by atoms with Gasteiger partial charge >= 0.3 is 5.97 Å². The van der Waals surface area contributed by atoms with Gasteiger partial charge in [-0.25, -0.2) is 0 Å². The van der Waals surface area contributed by atoms with E-state index < -0.39 is 18.5 Å². The molecule has 0 atom stereocenters.